The number of carbonyl (C=O) groups is 4. The summed E-state index contributed by atoms with van der Waals surface area (Å²) < 4.78 is 15.0. The lowest BCUT2D eigenvalue weighted by atomic mass is 9.84. The second-order valence-electron chi connectivity index (χ2n) is 20.0. The fraction of sp³-hybridized carbons (Fsp3) is 0.473. The number of anilines is 2. The first-order valence-electron chi connectivity index (χ1n) is 25.1. The van der Waals surface area contributed by atoms with Crippen LogP contribution in [-0.4, -0.2) is 102 Å². The van der Waals surface area contributed by atoms with Gasteiger partial charge in [0, 0.05) is 69.1 Å². The molecule has 0 bridgehead atoms. The van der Waals surface area contributed by atoms with Gasteiger partial charge >= 0.3 is 5.69 Å². The van der Waals surface area contributed by atoms with E-state index in [0.717, 1.165) is 117 Å². The Morgan fingerprint density at radius 1 is 0.814 bits per heavy atom. The standard InChI is InChI=1S/C55H66ClN7O7/c1-35(2)70-49-32-44-39(30-48(49)69-5)31-51(65)62(53(44)38-13-15-40(56)16-14-38)43-21-19-41(20-22-43)58(3)33-37-10-17-42(18-11-37)61-28-27-60(52(66)34-61)26-8-6-7-9-36-12-23-45-47(29-36)59(4)55(68)63(45)46-24-25-50(64)57-54(46)67/h12-16,19-23,29-30,32,35,37,42,46,53H,6-11,17-18,24-28,31,33-34H2,1-5H3,(H,57,64,67)/t37-,42-,46?,53?. The summed E-state index contributed by atoms with van der Waals surface area (Å²) in [7, 11) is 5.49. The first-order chi connectivity index (χ1) is 33.8. The highest BCUT2D eigenvalue weighted by atomic mass is 35.5. The molecule has 14 nitrogen and oxygen atoms in total. The number of piperazine rings is 1. The molecule has 1 N–H and O–H groups in total. The monoisotopic (exact) mass is 971 g/mol. The van der Waals surface area contributed by atoms with Crippen molar-refractivity contribution >= 4 is 57.6 Å². The third-order valence-corrected chi connectivity index (χ3v) is 15.2. The Bertz CT molecular complexity index is 2800. The SMILES string of the molecule is COc1cc2c(cc1OC(C)C)C(c1ccc(Cl)cc1)N(c1ccc(N(C)C[C@H]3CC[C@H](N4CCN(CCCCCc5ccc6c(c5)n(C)c(=O)n6C5CCC(=O)NC5=O)C(=O)C4)CC3)cc1)C(=O)C2. The van der Waals surface area contributed by atoms with Crippen LogP contribution in [-0.2, 0) is 39.1 Å². The van der Waals surface area contributed by atoms with E-state index in [1.807, 2.05) is 78.2 Å². The minimum absolute atomic E-state index is 0.00576. The number of fused-ring (bicyclic) bond motifs is 2. The summed E-state index contributed by atoms with van der Waals surface area (Å²) in [6.07, 6.45) is 8.90. The molecule has 3 fully saturated rings. The number of hydrogen-bond acceptors (Lipinski definition) is 9. The molecule has 2 unspecified atom stereocenters. The van der Waals surface area contributed by atoms with Crippen LogP contribution in [0.4, 0.5) is 11.4 Å². The van der Waals surface area contributed by atoms with Gasteiger partial charge in [0.25, 0.3) is 0 Å². The Balaban J connectivity index is 0.735. The third-order valence-electron chi connectivity index (χ3n) is 15.0. The lowest BCUT2D eigenvalue weighted by Gasteiger charge is -2.42. The summed E-state index contributed by atoms with van der Waals surface area (Å²) in [6, 6.07) is 25.4. The Hall–Kier alpha value is -6.12. The van der Waals surface area contributed by atoms with Crippen LogP contribution in [0.5, 0.6) is 11.5 Å². The van der Waals surface area contributed by atoms with Crippen molar-refractivity contribution in [2.75, 3.05) is 56.7 Å². The van der Waals surface area contributed by atoms with Gasteiger partial charge < -0.3 is 24.2 Å². The molecule has 3 aliphatic heterocycles. The zero-order chi connectivity index (χ0) is 49.2. The summed E-state index contributed by atoms with van der Waals surface area (Å²) >= 11 is 6.34. The Kier molecular flexibility index (Phi) is 14.7. The molecule has 1 saturated carbocycles. The van der Waals surface area contributed by atoms with E-state index < -0.39 is 11.9 Å². The van der Waals surface area contributed by atoms with Crippen molar-refractivity contribution in [1.82, 2.24) is 24.3 Å². The van der Waals surface area contributed by atoms with Crippen molar-refractivity contribution in [3.8, 4) is 11.5 Å². The van der Waals surface area contributed by atoms with Gasteiger partial charge in [-0.1, -0.05) is 36.2 Å². The number of nitrogens with zero attached hydrogens (tertiary/aromatic N) is 6. The van der Waals surface area contributed by atoms with Crippen molar-refractivity contribution in [2.24, 2.45) is 13.0 Å². The number of ether oxygens (including phenoxy) is 2. The molecule has 9 rings (SSSR count). The molecule has 2 atom stereocenters. The number of unbranched alkanes of at least 4 members (excludes halogenated alkanes) is 2. The van der Waals surface area contributed by atoms with Crippen LogP contribution >= 0.6 is 11.6 Å². The number of methoxy groups -OCH3 is 1. The number of imide groups is 1. The van der Waals surface area contributed by atoms with Crippen molar-refractivity contribution in [2.45, 2.75) is 109 Å². The number of nitrogens with one attached hydrogen (secondary N) is 1. The summed E-state index contributed by atoms with van der Waals surface area (Å²) in [5.41, 5.74) is 7.14. The molecule has 4 aromatic carbocycles. The molecule has 15 heteroatoms. The summed E-state index contributed by atoms with van der Waals surface area (Å²) in [5.74, 6) is 1.31. The minimum Gasteiger partial charge on any atom is -0.493 e. The highest BCUT2D eigenvalue weighted by Crippen LogP contribution is 2.44. The van der Waals surface area contributed by atoms with Crippen LogP contribution in [0, 0.1) is 5.92 Å². The lowest BCUT2D eigenvalue weighted by molar-refractivity contribution is -0.138. The zero-order valence-corrected chi connectivity index (χ0v) is 41.9. The van der Waals surface area contributed by atoms with Gasteiger partial charge in [0.2, 0.25) is 23.6 Å². The molecule has 1 aliphatic carbocycles. The van der Waals surface area contributed by atoms with Gasteiger partial charge in [0.1, 0.15) is 6.04 Å². The minimum atomic E-state index is -0.694. The predicted molar refractivity (Wildman–Crippen MR) is 273 cm³/mol. The molecule has 2 saturated heterocycles. The van der Waals surface area contributed by atoms with E-state index in [-0.39, 0.29) is 48.4 Å². The molecular weight excluding hydrogens is 906 g/mol. The second-order valence-corrected chi connectivity index (χ2v) is 20.4. The number of halogens is 1. The van der Waals surface area contributed by atoms with Crippen LogP contribution in [0.15, 0.2) is 83.7 Å². The highest BCUT2D eigenvalue weighted by molar-refractivity contribution is 6.30. The van der Waals surface area contributed by atoms with E-state index >= 15 is 0 Å². The maximum atomic E-state index is 14.1. The third kappa shape index (κ3) is 10.3. The smallest absolute Gasteiger partial charge is 0.329 e. The Morgan fingerprint density at radius 3 is 2.27 bits per heavy atom. The molecular formula is C55H66ClN7O7. The maximum absolute atomic E-state index is 14.1. The van der Waals surface area contributed by atoms with Crippen LogP contribution in [0.1, 0.15) is 106 Å². The van der Waals surface area contributed by atoms with E-state index in [2.05, 4.69) is 46.4 Å². The predicted octanol–water partition coefficient (Wildman–Crippen LogP) is 8.00. The number of amides is 4. The van der Waals surface area contributed by atoms with Crippen LogP contribution in [0.25, 0.3) is 11.0 Å². The van der Waals surface area contributed by atoms with Crippen LogP contribution in [0.3, 0.4) is 0 Å². The number of rotatable bonds is 16. The molecule has 0 radical (unpaired) electrons. The second kappa shape index (κ2) is 21.1. The molecule has 4 heterocycles. The molecule has 0 spiro atoms. The number of aromatic nitrogens is 2. The van der Waals surface area contributed by atoms with Gasteiger partial charge in [-0.2, -0.15) is 0 Å². The van der Waals surface area contributed by atoms with Gasteiger partial charge in [-0.15, -0.1) is 0 Å². The van der Waals surface area contributed by atoms with Crippen molar-refractivity contribution in [1.29, 1.82) is 0 Å². The summed E-state index contributed by atoms with van der Waals surface area (Å²) in [6.45, 7) is 7.85. The maximum Gasteiger partial charge on any atom is 0.329 e. The number of hydrogen-bond donors (Lipinski definition) is 1. The van der Waals surface area contributed by atoms with Crippen LogP contribution < -0.4 is 30.3 Å². The van der Waals surface area contributed by atoms with Gasteiger partial charge in [-0.25, -0.2) is 4.79 Å². The Morgan fingerprint density at radius 2 is 1.57 bits per heavy atom. The molecule has 5 aromatic rings. The number of piperidine rings is 1. The van der Waals surface area contributed by atoms with E-state index in [9.17, 15) is 24.0 Å². The Labute approximate surface area is 415 Å². The molecule has 1 aromatic heterocycles. The lowest BCUT2D eigenvalue weighted by Crippen LogP contribution is -2.54. The molecule has 4 aliphatic rings. The summed E-state index contributed by atoms with van der Waals surface area (Å²) in [5, 5.41) is 3.00. The van der Waals surface area contributed by atoms with Gasteiger partial charge in [0.15, 0.2) is 11.5 Å². The summed E-state index contributed by atoms with van der Waals surface area (Å²) in [4.78, 5) is 73.6. The number of aryl methyl sites for hydroxylation is 2. The normalized spacial score (nSPS) is 21.1. The van der Waals surface area contributed by atoms with E-state index in [4.69, 9.17) is 21.1 Å². The topological polar surface area (TPSA) is 139 Å². The first-order valence-corrected chi connectivity index (χ1v) is 25.5. The largest absolute Gasteiger partial charge is 0.493 e. The zero-order valence-electron chi connectivity index (χ0n) is 41.1. The van der Waals surface area contributed by atoms with Crippen molar-refractivity contribution in [3.05, 3.63) is 117 Å². The van der Waals surface area contributed by atoms with E-state index in [1.54, 1.807) is 18.7 Å². The van der Waals surface area contributed by atoms with Crippen molar-refractivity contribution < 1.29 is 28.7 Å². The van der Waals surface area contributed by atoms with Crippen molar-refractivity contribution in [3.63, 3.8) is 0 Å². The number of imidazole rings is 1. The van der Waals surface area contributed by atoms with E-state index in [0.29, 0.717) is 47.0 Å². The number of carbonyl (C=O) groups excluding carboxylic acids is 4. The molecule has 4 amide bonds. The van der Waals surface area contributed by atoms with Gasteiger partial charge in [-0.3, -0.25) is 38.5 Å². The van der Waals surface area contributed by atoms with Gasteiger partial charge in [-0.05, 0) is 154 Å². The quantitative estimate of drug-likeness (QED) is 0.0771. The average Bonchev–Trinajstić information content (AvgIpc) is 3.59. The van der Waals surface area contributed by atoms with Crippen LogP contribution in [0.2, 0.25) is 5.02 Å². The fourth-order valence-electron chi connectivity index (χ4n) is 11.3. The van der Waals surface area contributed by atoms with Gasteiger partial charge in [0.05, 0.1) is 43.3 Å². The molecule has 70 heavy (non-hydrogen) atoms. The number of benzene rings is 4. The van der Waals surface area contributed by atoms with E-state index in [1.165, 1.54) is 4.57 Å². The average molecular weight is 973 g/mol. The first kappa shape index (κ1) is 48.9. The molecule has 370 valence electrons. The highest BCUT2D eigenvalue weighted by Gasteiger charge is 2.37. The fourth-order valence-corrected chi connectivity index (χ4v) is 11.4.